The second-order valence-electron chi connectivity index (χ2n) is 5.70. The van der Waals surface area contributed by atoms with Crippen LogP contribution in [-0.4, -0.2) is 52.8 Å². The molecule has 0 heterocycles. The summed E-state index contributed by atoms with van der Waals surface area (Å²) in [6.45, 7) is 0.551. The van der Waals surface area contributed by atoms with Gasteiger partial charge in [-0.3, -0.25) is 4.79 Å². The highest BCUT2D eigenvalue weighted by Gasteiger charge is 2.19. The average Bonchev–Trinajstić information content (AvgIpc) is 2.70. The van der Waals surface area contributed by atoms with Crippen molar-refractivity contribution in [3.8, 4) is 23.0 Å². The first kappa shape index (κ1) is 19.4. The van der Waals surface area contributed by atoms with Gasteiger partial charge >= 0.3 is 0 Å². The molecule has 0 saturated carbocycles. The Bertz CT molecular complexity index is 735. The molecule has 1 amide bonds. The third kappa shape index (κ3) is 4.20. The number of hydrogen-bond acceptors (Lipinski definition) is 5. The quantitative estimate of drug-likeness (QED) is 0.725. The zero-order chi connectivity index (χ0) is 19.1. The van der Waals surface area contributed by atoms with Crippen molar-refractivity contribution in [2.24, 2.45) is 0 Å². The zero-order valence-electron chi connectivity index (χ0n) is 15.9. The topological polar surface area (TPSA) is 57.2 Å². The third-order valence-corrected chi connectivity index (χ3v) is 4.17. The van der Waals surface area contributed by atoms with Crippen LogP contribution in [0.2, 0.25) is 0 Å². The van der Waals surface area contributed by atoms with E-state index in [-0.39, 0.29) is 5.91 Å². The molecule has 0 bridgehead atoms. The van der Waals surface area contributed by atoms with Gasteiger partial charge in [0.1, 0.15) is 5.75 Å². The van der Waals surface area contributed by atoms with E-state index < -0.39 is 0 Å². The van der Waals surface area contributed by atoms with E-state index in [1.165, 1.54) is 21.3 Å². The summed E-state index contributed by atoms with van der Waals surface area (Å²) in [5, 5.41) is 0. The Kier molecular flexibility index (Phi) is 6.72. The van der Waals surface area contributed by atoms with Crippen LogP contribution in [0.4, 0.5) is 0 Å². The monoisotopic (exact) mass is 359 g/mol. The number of nitrogens with zero attached hydrogens (tertiary/aromatic N) is 1. The van der Waals surface area contributed by atoms with Gasteiger partial charge in [0.15, 0.2) is 11.5 Å². The van der Waals surface area contributed by atoms with Crippen LogP contribution in [0.25, 0.3) is 0 Å². The second kappa shape index (κ2) is 8.99. The normalized spacial score (nSPS) is 10.2. The summed E-state index contributed by atoms with van der Waals surface area (Å²) in [7, 11) is 7.99. The van der Waals surface area contributed by atoms with Gasteiger partial charge in [0, 0.05) is 19.2 Å². The Morgan fingerprint density at radius 3 is 2.00 bits per heavy atom. The van der Waals surface area contributed by atoms with Gasteiger partial charge in [0.25, 0.3) is 5.91 Å². The number of methoxy groups -OCH3 is 4. The summed E-state index contributed by atoms with van der Waals surface area (Å²) < 4.78 is 21.3. The Labute approximate surface area is 154 Å². The number of hydrogen-bond donors (Lipinski definition) is 0. The van der Waals surface area contributed by atoms with Gasteiger partial charge in [-0.1, -0.05) is 18.2 Å². The van der Waals surface area contributed by atoms with E-state index in [4.69, 9.17) is 18.9 Å². The van der Waals surface area contributed by atoms with Crippen LogP contribution in [0.1, 0.15) is 15.9 Å². The summed E-state index contributed by atoms with van der Waals surface area (Å²) >= 11 is 0. The standard InChI is InChI=1S/C20H25NO5/c1-21(11-10-14-8-6-7-9-16(14)23-2)20(22)15-12-17(24-3)19(26-5)18(13-15)25-4/h6-9,12-13H,10-11H2,1-5H3. The molecule has 0 aliphatic heterocycles. The largest absolute Gasteiger partial charge is 0.496 e. The minimum Gasteiger partial charge on any atom is -0.496 e. The van der Waals surface area contributed by atoms with Gasteiger partial charge < -0.3 is 23.8 Å². The average molecular weight is 359 g/mol. The molecule has 6 nitrogen and oxygen atoms in total. The molecular formula is C20H25NO5. The Hall–Kier alpha value is -2.89. The molecular weight excluding hydrogens is 334 g/mol. The summed E-state index contributed by atoms with van der Waals surface area (Å²) in [5.41, 5.74) is 1.53. The number of ether oxygens (including phenoxy) is 4. The van der Waals surface area contributed by atoms with Gasteiger partial charge in [-0.25, -0.2) is 0 Å². The molecule has 26 heavy (non-hydrogen) atoms. The highest BCUT2D eigenvalue weighted by atomic mass is 16.5. The van der Waals surface area contributed by atoms with Crippen LogP contribution in [0.5, 0.6) is 23.0 Å². The summed E-state index contributed by atoms with van der Waals surface area (Å²) in [5.74, 6) is 2.06. The molecule has 0 fully saturated rings. The molecule has 0 aromatic heterocycles. The fourth-order valence-electron chi connectivity index (χ4n) is 2.72. The fraction of sp³-hybridized carbons (Fsp3) is 0.350. The molecule has 2 rings (SSSR count). The molecule has 2 aromatic carbocycles. The Balaban J connectivity index is 2.17. The number of likely N-dealkylation sites (N-methyl/N-ethyl adjacent to an activating group) is 1. The summed E-state index contributed by atoms with van der Waals surface area (Å²) in [6, 6.07) is 11.1. The van der Waals surface area contributed by atoms with Crippen molar-refractivity contribution in [3.63, 3.8) is 0 Å². The maximum absolute atomic E-state index is 12.8. The van der Waals surface area contributed by atoms with Crippen molar-refractivity contribution in [2.75, 3.05) is 42.0 Å². The van der Waals surface area contributed by atoms with E-state index in [0.29, 0.717) is 35.8 Å². The first-order valence-corrected chi connectivity index (χ1v) is 8.23. The van der Waals surface area contributed by atoms with E-state index in [2.05, 4.69) is 0 Å². The molecule has 0 radical (unpaired) electrons. The lowest BCUT2D eigenvalue weighted by atomic mass is 10.1. The Morgan fingerprint density at radius 2 is 1.46 bits per heavy atom. The lowest BCUT2D eigenvalue weighted by Crippen LogP contribution is -2.29. The van der Waals surface area contributed by atoms with E-state index in [1.807, 2.05) is 24.3 Å². The molecule has 0 unspecified atom stereocenters. The maximum Gasteiger partial charge on any atom is 0.253 e. The van der Waals surface area contributed by atoms with Crippen LogP contribution >= 0.6 is 0 Å². The molecule has 0 N–H and O–H groups in total. The van der Waals surface area contributed by atoms with Crippen molar-refractivity contribution < 1.29 is 23.7 Å². The van der Waals surface area contributed by atoms with Gasteiger partial charge in [0.2, 0.25) is 5.75 Å². The minimum absolute atomic E-state index is 0.126. The Morgan fingerprint density at radius 1 is 0.885 bits per heavy atom. The molecule has 0 saturated heterocycles. The van der Waals surface area contributed by atoms with Crippen molar-refractivity contribution in [3.05, 3.63) is 47.5 Å². The number of rotatable bonds is 8. The second-order valence-corrected chi connectivity index (χ2v) is 5.70. The lowest BCUT2D eigenvalue weighted by molar-refractivity contribution is 0.0795. The molecule has 6 heteroatoms. The van der Waals surface area contributed by atoms with Crippen molar-refractivity contribution in [1.82, 2.24) is 4.90 Å². The van der Waals surface area contributed by atoms with Crippen LogP contribution < -0.4 is 18.9 Å². The lowest BCUT2D eigenvalue weighted by Gasteiger charge is -2.20. The maximum atomic E-state index is 12.8. The number of amides is 1. The molecule has 0 aliphatic rings. The molecule has 0 atom stereocenters. The summed E-state index contributed by atoms with van der Waals surface area (Å²) in [4.78, 5) is 14.5. The van der Waals surface area contributed by atoms with Crippen molar-refractivity contribution in [2.45, 2.75) is 6.42 Å². The minimum atomic E-state index is -0.126. The van der Waals surface area contributed by atoms with Crippen LogP contribution in [0.15, 0.2) is 36.4 Å². The van der Waals surface area contributed by atoms with Gasteiger partial charge in [-0.2, -0.15) is 0 Å². The van der Waals surface area contributed by atoms with Gasteiger partial charge in [0.05, 0.1) is 28.4 Å². The SMILES string of the molecule is COc1ccccc1CCN(C)C(=O)c1cc(OC)c(OC)c(OC)c1. The first-order chi connectivity index (χ1) is 12.5. The van der Waals surface area contributed by atoms with Crippen LogP contribution in [0.3, 0.4) is 0 Å². The molecule has 140 valence electrons. The van der Waals surface area contributed by atoms with Crippen LogP contribution in [-0.2, 0) is 6.42 Å². The predicted octanol–water partition coefficient (Wildman–Crippen LogP) is 3.04. The van der Waals surface area contributed by atoms with E-state index >= 15 is 0 Å². The number of carbonyl (C=O) groups excluding carboxylic acids is 1. The highest BCUT2D eigenvalue weighted by molar-refractivity contribution is 5.95. The van der Waals surface area contributed by atoms with Crippen LogP contribution in [0, 0.1) is 0 Å². The third-order valence-electron chi connectivity index (χ3n) is 4.17. The summed E-state index contributed by atoms with van der Waals surface area (Å²) in [6.07, 6.45) is 0.691. The molecule has 2 aromatic rings. The number of carbonyl (C=O) groups is 1. The predicted molar refractivity (Wildman–Crippen MR) is 99.8 cm³/mol. The number of para-hydroxylation sites is 1. The first-order valence-electron chi connectivity index (χ1n) is 8.23. The van der Waals surface area contributed by atoms with Gasteiger partial charge in [-0.05, 0) is 30.2 Å². The van der Waals surface area contributed by atoms with E-state index in [1.54, 1.807) is 31.2 Å². The molecule has 0 spiro atoms. The van der Waals surface area contributed by atoms with Crippen molar-refractivity contribution in [1.29, 1.82) is 0 Å². The van der Waals surface area contributed by atoms with E-state index in [0.717, 1.165) is 11.3 Å². The smallest absolute Gasteiger partial charge is 0.253 e. The number of benzene rings is 2. The zero-order valence-corrected chi connectivity index (χ0v) is 15.9. The molecule has 0 aliphatic carbocycles. The fourth-order valence-corrected chi connectivity index (χ4v) is 2.72. The van der Waals surface area contributed by atoms with E-state index in [9.17, 15) is 4.79 Å². The van der Waals surface area contributed by atoms with Crippen molar-refractivity contribution >= 4 is 5.91 Å². The van der Waals surface area contributed by atoms with Gasteiger partial charge in [-0.15, -0.1) is 0 Å². The highest BCUT2D eigenvalue weighted by Crippen LogP contribution is 2.38.